The molecule has 10 heteroatoms. The molecule has 2 aliphatic heterocycles. The summed E-state index contributed by atoms with van der Waals surface area (Å²) >= 11 is 0. The average molecular weight is 414 g/mol. The zero-order chi connectivity index (χ0) is 20.8. The number of nitrogens with one attached hydrogen (secondary N) is 2. The molecule has 3 heterocycles. The minimum absolute atomic E-state index is 0.183. The number of rotatable bonds is 2. The number of benzene rings is 1. The summed E-state index contributed by atoms with van der Waals surface area (Å²) in [6.07, 6.45) is -3.81. The molecule has 1 amide bonds. The fourth-order valence-electron chi connectivity index (χ4n) is 4.16. The lowest BCUT2D eigenvalue weighted by molar-refractivity contribution is -0.141. The molecule has 29 heavy (non-hydrogen) atoms. The molecule has 5 nitrogen and oxygen atoms in total. The van der Waals surface area contributed by atoms with E-state index in [0.717, 1.165) is 30.3 Å². The number of piperidine rings is 1. The smallest absolute Gasteiger partial charge is 0.337 e. The zero-order valence-corrected chi connectivity index (χ0v) is 15.4. The largest absolute Gasteiger partial charge is 0.419 e. The molecule has 0 spiro atoms. The predicted octanol–water partition coefficient (Wildman–Crippen LogP) is 3.37. The van der Waals surface area contributed by atoms with E-state index in [1.54, 1.807) is 0 Å². The van der Waals surface area contributed by atoms with Crippen molar-refractivity contribution in [3.63, 3.8) is 0 Å². The van der Waals surface area contributed by atoms with Crippen molar-refractivity contribution in [3.8, 4) is 0 Å². The van der Waals surface area contributed by atoms with Crippen LogP contribution in [0.4, 0.5) is 22.0 Å². The van der Waals surface area contributed by atoms with Crippen molar-refractivity contribution >= 4 is 5.91 Å². The number of fused-ring (bicyclic) bond motifs is 1. The van der Waals surface area contributed by atoms with Gasteiger partial charge in [-0.15, -0.1) is 0 Å². The number of hydrogen-bond donors (Lipinski definition) is 2. The second kappa shape index (κ2) is 7.40. The number of carbonyl (C=O) groups is 1. The maximum atomic E-state index is 13.9. The van der Waals surface area contributed by atoms with Crippen molar-refractivity contribution in [1.82, 2.24) is 20.4 Å². The van der Waals surface area contributed by atoms with Crippen LogP contribution in [0.25, 0.3) is 0 Å². The number of H-pyrrole nitrogens is 1. The van der Waals surface area contributed by atoms with Crippen LogP contribution < -0.4 is 5.32 Å². The highest BCUT2D eigenvalue weighted by molar-refractivity contribution is 5.94. The van der Waals surface area contributed by atoms with E-state index in [9.17, 15) is 26.7 Å². The van der Waals surface area contributed by atoms with Crippen molar-refractivity contribution in [1.29, 1.82) is 0 Å². The Morgan fingerprint density at radius 2 is 1.90 bits per heavy atom. The van der Waals surface area contributed by atoms with E-state index in [2.05, 4.69) is 15.5 Å². The summed E-state index contributed by atoms with van der Waals surface area (Å²) in [6, 6.07) is 1.00. The lowest BCUT2D eigenvalue weighted by Gasteiger charge is -2.33. The van der Waals surface area contributed by atoms with Crippen LogP contribution in [0, 0.1) is 11.6 Å². The van der Waals surface area contributed by atoms with Gasteiger partial charge in [-0.25, -0.2) is 8.78 Å². The monoisotopic (exact) mass is 414 g/mol. The highest BCUT2D eigenvalue weighted by Crippen LogP contribution is 2.40. The van der Waals surface area contributed by atoms with E-state index in [0.29, 0.717) is 12.2 Å². The van der Waals surface area contributed by atoms with Gasteiger partial charge in [-0.1, -0.05) is 0 Å². The SMILES string of the molecule is O=C(c1n[nH]c2c1CNCC2)N1CCC(c2cc(F)cc(F)c2C(F)(F)F)CC1. The predicted molar refractivity (Wildman–Crippen MR) is 93.2 cm³/mol. The van der Waals surface area contributed by atoms with Gasteiger partial charge in [0, 0.05) is 49.9 Å². The summed E-state index contributed by atoms with van der Waals surface area (Å²) in [4.78, 5) is 14.4. The fraction of sp³-hybridized carbons (Fsp3) is 0.474. The molecule has 2 aromatic rings. The lowest BCUT2D eigenvalue weighted by atomic mass is 9.85. The summed E-state index contributed by atoms with van der Waals surface area (Å²) in [6.45, 7) is 1.70. The molecule has 0 atom stereocenters. The maximum Gasteiger partial charge on any atom is 0.419 e. The van der Waals surface area contributed by atoms with E-state index in [-0.39, 0.29) is 43.5 Å². The third-order valence-corrected chi connectivity index (χ3v) is 5.60. The number of aromatic nitrogens is 2. The van der Waals surface area contributed by atoms with E-state index in [1.165, 1.54) is 4.90 Å². The first-order valence-corrected chi connectivity index (χ1v) is 9.38. The minimum Gasteiger partial charge on any atom is -0.337 e. The summed E-state index contributed by atoms with van der Waals surface area (Å²) in [5.41, 5.74) is 0.236. The van der Waals surface area contributed by atoms with Crippen LogP contribution in [0.5, 0.6) is 0 Å². The summed E-state index contributed by atoms with van der Waals surface area (Å²) < 4.78 is 67.4. The molecule has 0 bridgehead atoms. The topological polar surface area (TPSA) is 61.0 Å². The van der Waals surface area contributed by atoms with Crippen LogP contribution in [-0.2, 0) is 19.1 Å². The number of carbonyl (C=O) groups excluding carboxylic acids is 1. The fourth-order valence-corrected chi connectivity index (χ4v) is 4.16. The van der Waals surface area contributed by atoms with Gasteiger partial charge in [-0.2, -0.15) is 18.3 Å². The van der Waals surface area contributed by atoms with Gasteiger partial charge in [0.1, 0.15) is 11.6 Å². The molecule has 0 aliphatic carbocycles. The van der Waals surface area contributed by atoms with Gasteiger partial charge >= 0.3 is 6.18 Å². The van der Waals surface area contributed by atoms with Crippen LogP contribution in [0.1, 0.15) is 51.6 Å². The molecular weight excluding hydrogens is 395 g/mol. The molecule has 1 fully saturated rings. The standard InChI is InChI=1S/C19H19F5N4O/c20-11-7-12(16(14(21)8-11)19(22,23)24)10-2-5-28(6-3-10)18(29)17-13-9-25-4-1-15(13)26-27-17/h7-8,10,25H,1-6,9H2,(H,26,27). The highest BCUT2D eigenvalue weighted by Gasteiger charge is 2.40. The molecule has 1 saturated heterocycles. The molecule has 0 radical (unpaired) electrons. The van der Waals surface area contributed by atoms with Gasteiger partial charge in [-0.05, 0) is 30.4 Å². The number of aromatic amines is 1. The van der Waals surface area contributed by atoms with Crippen molar-refractivity contribution in [2.24, 2.45) is 0 Å². The van der Waals surface area contributed by atoms with Gasteiger partial charge in [0.05, 0.1) is 5.56 Å². The Morgan fingerprint density at radius 3 is 2.59 bits per heavy atom. The quantitative estimate of drug-likeness (QED) is 0.741. The van der Waals surface area contributed by atoms with Gasteiger partial charge < -0.3 is 10.2 Å². The molecule has 0 unspecified atom stereocenters. The summed E-state index contributed by atoms with van der Waals surface area (Å²) in [7, 11) is 0. The summed E-state index contributed by atoms with van der Waals surface area (Å²) in [5.74, 6) is -3.62. The van der Waals surface area contributed by atoms with Crippen LogP contribution in [-0.4, -0.2) is 40.6 Å². The van der Waals surface area contributed by atoms with Crippen LogP contribution in [0.2, 0.25) is 0 Å². The van der Waals surface area contributed by atoms with Crippen LogP contribution >= 0.6 is 0 Å². The molecule has 1 aromatic carbocycles. The molecule has 2 N–H and O–H groups in total. The number of likely N-dealkylation sites (tertiary alicyclic amines) is 1. The molecule has 2 aliphatic rings. The Morgan fingerprint density at radius 1 is 1.17 bits per heavy atom. The van der Waals surface area contributed by atoms with Gasteiger partial charge in [-0.3, -0.25) is 9.89 Å². The van der Waals surface area contributed by atoms with Gasteiger partial charge in [0.15, 0.2) is 5.69 Å². The normalized spacial score (nSPS) is 18.0. The zero-order valence-electron chi connectivity index (χ0n) is 15.4. The Bertz CT molecular complexity index is 931. The Balaban J connectivity index is 1.52. The van der Waals surface area contributed by atoms with E-state index >= 15 is 0 Å². The molecule has 4 rings (SSSR count). The van der Waals surface area contributed by atoms with Crippen molar-refractivity contribution in [3.05, 3.63) is 51.8 Å². The Hall–Kier alpha value is -2.49. The Labute approximate surface area is 163 Å². The number of amides is 1. The maximum absolute atomic E-state index is 13.9. The molecule has 1 aromatic heterocycles. The Kier molecular flexibility index (Phi) is 5.05. The van der Waals surface area contributed by atoms with Gasteiger partial charge in [0.2, 0.25) is 0 Å². The third kappa shape index (κ3) is 3.73. The lowest BCUT2D eigenvalue weighted by Crippen LogP contribution is -2.39. The molecule has 0 saturated carbocycles. The first kappa shape index (κ1) is 19.8. The minimum atomic E-state index is -4.92. The van der Waals surface area contributed by atoms with Gasteiger partial charge in [0.25, 0.3) is 5.91 Å². The van der Waals surface area contributed by atoms with Crippen molar-refractivity contribution in [2.45, 2.75) is 37.9 Å². The summed E-state index contributed by atoms with van der Waals surface area (Å²) in [5, 5.41) is 10.2. The number of halogens is 5. The number of alkyl halides is 3. The first-order valence-electron chi connectivity index (χ1n) is 9.38. The van der Waals surface area contributed by atoms with Crippen molar-refractivity contribution < 1.29 is 26.7 Å². The molecule has 156 valence electrons. The van der Waals surface area contributed by atoms with Crippen LogP contribution in [0.15, 0.2) is 12.1 Å². The number of nitrogens with zero attached hydrogens (tertiary/aromatic N) is 2. The average Bonchev–Trinajstić information content (AvgIpc) is 3.10. The number of hydrogen-bond acceptors (Lipinski definition) is 3. The van der Waals surface area contributed by atoms with Crippen LogP contribution in [0.3, 0.4) is 0 Å². The van der Waals surface area contributed by atoms with E-state index < -0.39 is 29.3 Å². The first-order chi connectivity index (χ1) is 13.8. The molecular formula is C19H19F5N4O. The second-order valence-corrected chi connectivity index (χ2v) is 7.37. The van der Waals surface area contributed by atoms with E-state index in [1.807, 2.05) is 0 Å². The second-order valence-electron chi connectivity index (χ2n) is 7.37. The van der Waals surface area contributed by atoms with E-state index in [4.69, 9.17) is 0 Å². The third-order valence-electron chi connectivity index (χ3n) is 5.60. The van der Waals surface area contributed by atoms with Crippen molar-refractivity contribution in [2.75, 3.05) is 19.6 Å². The highest BCUT2D eigenvalue weighted by atomic mass is 19.4.